The van der Waals surface area contributed by atoms with E-state index in [2.05, 4.69) is 9.47 Å². The van der Waals surface area contributed by atoms with Crippen LogP contribution in [-0.4, -0.2) is 45.0 Å². The van der Waals surface area contributed by atoms with Crippen molar-refractivity contribution in [3.63, 3.8) is 0 Å². The molecule has 0 unspecified atom stereocenters. The Morgan fingerprint density at radius 1 is 0.950 bits per heavy atom. The zero-order valence-electron chi connectivity index (χ0n) is 11.7. The quantitative estimate of drug-likeness (QED) is 0.572. The second-order valence-electron chi connectivity index (χ2n) is 4.11. The number of ketones is 1. The van der Waals surface area contributed by atoms with Crippen LogP contribution in [-0.2, 0) is 19.1 Å². The van der Waals surface area contributed by atoms with E-state index in [-0.39, 0.29) is 18.9 Å². The molecule has 1 aromatic rings. The van der Waals surface area contributed by atoms with E-state index < -0.39 is 11.9 Å². The third-order valence-electron chi connectivity index (χ3n) is 2.73. The van der Waals surface area contributed by atoms with Crippen LogP contribution in [0.5, 0.6) is 0 Å². The molecule has 0 atom stereocenters. The summed E-state index contributed by atoms with van der Waals surface area (Å²) >= 11 is 0. The van der Waals surface area contributed by atoms with Crippen LogP contribution in [0.1, 0.15) is 17.3 Å². The molecule has 0 aromatic heterocycles. The fourth-order valence-electron chi connectivity index (χ4n) is 1.59. The maximum atomic E-state index is 11.4. The Morgan fingerprint density at radius 3 is 1.75 bits per heavy atom. The molecule has 0 aliphatic rings. The summed E-state index contributed by atoms with van der Waals surface area (Å²) in [6.07, 6.45) is 0. The molecule has 0 bridgehead atoms. The lowest BCUT2D eigenvalue weighted by atomic mass is 10.1. The smallest absolute Gasteiger partial charge is 0.325 e. The van der Waals surface area contributed by atoms with Crippen molar-refractivity contribution in [3.05, 3.63) is 29.8 Å². The van der Waals surface area contributed by atoms with Gasteiger partial charge in [-0.3, -0.25) is 14.4 Å². The maximum absolute atomic E-state index is 11.4. The highest BCUT2D eigenvalue weighted by atomic mass is 16.5. The van der Waals surface area contributed by atoms with Crippen LogP contribution in [0.2, 0.25) is 0 Å². The number of methoxy groups -OCH3 is 2. The molecular formula is C14H17NO5. The first-order chi connectivity index (χ1) is 9.47. The Bertz CT molecular complexity index is 477. The monoisotopic (exact) mass is 279 g/mol. The summed E-state index contributed by atoms with van der Waals surface area (Å²) in [4.78, 5) is 35.5. The molecule has 1 rings (SSSR count). The molecule has 0 spiro atoms. The lowest BCUT2D eigenvalue weighted by Gasteiger charge is -2.22. The first kappa shape index (κ1) is 15.7. The molecule has 0 saturated heterocycles. The molecule has 1 aromatic carbocycles. The molecule has 0 saturated carbocycles. The van der Waals surface area contributed by atoms with Crippen LogP contribution in [0.4, 0.5) is 5.69 Å². The number of benzene rings is 1. The van der Waals surface area contributed by atoms with E-state index in [1.54, 1.807) is 24.3 Å². The number of Topliss-reactive ketones (excluding diaryl/α,β-unsaturated/α-hetero) is 1. The van der Waals surface area contributed by atoms with Gasteiger partial charge in [-0.1, -0.05) is 0 Å². The van der Waals surface area contributed by atoms with Crippen molar-refractivity contribution in [1.82, 2.24) is 0 Å². The normalized spacial score (nSPS) is 9.75. The highest BCUT2D eigenvalue weighted by Gasteiger charge is 2.16. The standard InChI is InChI=1S/C14H17NO5/c1-10(16)11-4-6-12(7-5-11)15(8-13(17)19-2)9-14(18)20-3/h4-7H,8-9H2,1-3H3. The van der Waals surface area contributed by atoms with Crippen LogP contribution < -0.4 is 4.90 Å². The first-order valence-electron chi connectivity index (χ1n) is 5.97. The minimum absolute atomic E-state index is 0.0518. The minimum Gasteiger partial charge on any atom is -0.468 e. The Kier molecular flexibility index (Phi) is 5.71. The third kappa shape index (κ3) is 4.38. The molecule has 6 nitrogen and oxygen atoms in total. The van der Waals surface area contributed by atoms with Gasteiger partial charge >= 0.3 is 11.9 Å². The summed E-state index contributed by atoms with van der Waals surface area (Å²) < 4.78 is 9.19. The van der Waals surface area contributed by atoms with Crippen LogP contribution in [0.25, 0.3) is 0 Å². The highest BCUT2D eigenvalue weighted by molar-refractivity contribution is 5.94. The van der Waals surface area contributed by atoms with E-state index in [1.165, 1.54) is 26.0 Å². The predicted octanol–water partition coefficient (Wildman–Crippen LogP) is 1.04. The fourth-order valence-corrected chi connectivity index (χ4v) is 1.59. The second kappa shape index (κ2) is 7.28. The van der Waals surface area contributed by atoms with E-state index in [4.69, 9.17) is 0 Å². The summed E-state index contributed by atoms with van der Waals surface area (Å²) in [7, 11) is 2.55. The number of hydrogen-bond donors (Lipinski definition) is 0. The number of carbonyl (C=O) groups is 3. The summed E-state index contributed by atoms with van der Waals surface area (Å²) in [6.45, 7) is 1.31. The van der Waals surface area contributed by atoms with Crippen molar-refractivity contribution in [3.8, 4) is 0 Å². The van der Waals surface area contributed by atoms with Gasteiger partial charge in [0.25, 0.3) is 0 Å². The number of esters is 2. The molecular weight excluding hydrogens is 262 g/mol. The third-order valence-corrected chi connectivity index (χ3v) is 2.73. The lowest BCUT2D eigenvalue weighted by molar-refractivity contribution is -0.140. The first-order valence-corrected chi connectivity index (χ1v) is 5.97. The van der Waals surface area contributed by atoms with E-state index in [0.29, 0.717) is 11.3 Å². The van der Waals surface area contributed by atoms with Gasteiger partial charge in [-0.15, -0.1) is 0 Å². The topological polar surface area (TPSA) is 72.9 Å². The number of carbonyl (C=O) groups excluding carboxylic acids is 3. The molecule has 0 amide bonds. The maximum Gasteiger partial charge on any atom is 0.325 e. The van der Waals surface area contributed by atoms with Gasteiger partial charge in [0.05, 0.1) is 14.2 Å². The average Bonchev–Trinajstić information content (AvgIpc) is 2.46. The fraction of sp³-hybridized carbons (Fsp3) is 0.357. The van der Waals surface area contributed by atoms with E-state index in [9.17, 15) is 14.4 Å². The van der Waals surface area contributed by atoms with Crippen molar-refractivity contribution < 1.29 is 23.9 Å². The van der Waals surface area contributed by atoms with Crippen LogP contribution >= 0.6 is 0 Å². The van der Waals surface area contributed by atoms with Crippen LogP contribution in [0.15, 0.2) is 24.3 Å². The van der Waals surface area contributed by atoms with Gasteiger partial charge in [-0.05, 0) is 31.2 Å². The number of ether oxygens (including phenoxy) is 2. The van der Waals surface area contributed by atoms with Gasteiger partial charge < -0.3 is 14.4 Å². The van der Waals surface area contributed by atoms with Crippen molar-refractivity contribution in [2.24, 2.45) is 0 Å². The molecule has 0 fully saturated rings. The van der Waals surface area contributed by atoms with E-state index >= 15 is 0 Å². The van der Waals surface area contributed by atoms with Crippen molar-refractivity contribution in [2.45, 2.75) is 6.92 Å². The van der Waals surface area contributed by atoms with Crippen molar-refractivity contribution in [2.75, 3.05) is 32.2 Å². The van der Waals surface area contributed by atoms with Gasteiger partial charge in [0.2, 0.25) is 0 Å². The summed E-state index contributed by atoms with van der Waals surface area (Å²) in [5.74, 6) is -0.988. The zero-order chi connectivity index (χ0) is 15.1. The van der Waals surface area contributed by atoms with Gasteiger partial charge in [-0.25, -0.2) is 0 Å². The minimum atomic E-state index is -0.468. The number of anilines is 1. The molecule has 0 heterocycles. The van der Waals surface area contributed by atoms with Gasteiger partial charge in [0.15, 0.2) is 5.78 Å². The largest absolute Gasteiger partial charge is 0.468 e. The SMILES string of the molecule is COC(=O)CN(CC(=O)OC)c1ccc(C(C)=O)cc1. The molecule has 0 aliphatic carbocycles. The van der Waals surface area contributed by atoms with Gasteiger partial charge in [-0.2, -0.15) is 0 Å². The summed E-state index contributed by atoms with van der Waals surface area (Å²) in [6, 6.07) is 6.61. The Balaban J connectivity index is 2.93. The molecule has 0 aliphatic heterocycles. The predicted molar refractivity (Wildman–Crippen MR) is 72.7 cm³/mol. The zero-order valence-corrected chi connectivity index (χ0v) is 11.7. The number of rotatable bonds is 6. The van der Waals surface area contributed by atoms with Crippen LogP contribution in [0.3, 0.4) is 0 Å². The number of hydrogen-bond acceptors (Lipinski definition) is 6. The lowest BCUT2D eigenvalue weighted by Crippen LogP contribution is -2.35. The Morgan fingerprint density at radius 2 is 1.40 bits per heavy atom. The molecule has 0 radical (unpaired) electrons. The van der Waals surface area contributed by atoms with Gasteiger partial charge in [0, 0.05) is 11.3 Å². The van der Waals surface area contributed by atoms with Crippen molar-refractivity contribution >= 4 is 23.4 Å². The molecule has 20 heavy (non-hydrogen) atoms. The molecule has 0 N–H and O–H groups in total. The highest BCUT2D eigenvalue weighted by Crippen LogP contribution is 2.15. The summed E-state index contributed by atoms with van der Waals surface area (Å²) in [5, 5.41) is 0. The van der Waals surface area contributed by atoms with E-state index in [0.717, 1.165) is 0 Å². The van der Waals surface area contributed by atoms with Crippen molar-refractivity contribution in [1.29, 1.82) is 0 Å². The Hall–Kier alpha value is -2.37. The Labute approximate surface area is 117 Å². The van der Waals surface area contributed by atoms with Crippen LogP contribution in [0, 0.1) is 0 Å². The van der Waals surface area contributed by atoms with E-state index in [1.807, 2.05) is 0 Å². The second-order valence-corrected chi connectivity index (χ2v) is 4.11. The molecule has 6 heteroatoms. The summed E-state index contributed by atoms with van der Waals surface area (Å²) in [5.41, 5.74) is 1.19. The number of nitrogens with zero attached hydrogens (tertiary/aromatic N) is 1. The molecule has 108 valence electrons. The van der Waals surface area contributed by atoms with Gasteiger partial charge in [0.1, 0.15) is 13.1 Å². The average molecular weight is 279 g/mol.